The quantitative estimate of drug-likeness (QED) is 0.894. The monoisotopic (exact) mass is 309 g/mol. The molecule has 1 fully saturated rings. The molecule has 2 N–H and O–H groups in total. The molecule has 1 unspecified atom stereocenters. The van der Waals surface area contributed by atoms with E-state index in [2.05, 4.69) is 10.6 Å². The van der Waals surface area contributed by atoms with Crippen molar-refractivity contribution >= 4 is 29.1 Å². The maximum absolute atomic E-state index is 12.0. The minimum atomic E-state index is -0.123. The lowest BCUT2D eigenvalue weighted by atomic mass is 10.0. The molecule has 0 bridgehead atoms. The Hall–Kier alpha value is -1.59. The number of rotatable bonds is 4. The number of hydrogen-bond donors (Lipinski definition) is 2. The van der Waals surface area contributed by atoms with Crippen LogP contribution in [0.1, 0.15) is 23.2 Å². The van der Waals surface area contributed by atoms with E-state index in [0.29, 0.717) is 28.6 Å². The highest BCUT2D eigenvalue weighted by molar-refractivity contribution is 6.33. The number of carbonyl (C=O) groups excluding carboxylic acids is 2. The van der Waals surface area contributed by atoms with E-state index in [1.54, 1.807) is 32.3 Å². The summed E-state index contributed by atoms with van der Waals surface area (Å²) < 4.78 is 0. The molecule has 21 heavy (non-hydrogen) atoms. The second-order valence-electron chi connectivity index (χ2n) is 5.51. The molecule has 0 spiro atoms. The van der Waals surface area contributed by atoms with Gasteiger partial charge < -0.3 is 15.5 Å². The zero-order valence-corrected chi connectivity index (χ0v) is 13.0. The van der Waals surface area contributed by atoms with Crippen LogP contribution in [-0.4, -0.2) is 43.9 Å². The molecule has 1 aromatic carbocycles. The van der Waals surface area contributed by atoms with E-state index in [1.165, 1.54) is 4.90 Å². The Morgan fingerprint density at radius 3 is 2.81 bits per heavy atom. The van der Waals surface area contributed by atoms with Crippen LogP contribution < -0.4 is 10.6 Å². The summed E-state index contributed by atoms with van der Waals surface area (Å²) in [6, 6.07) is 4.90. The lowest BCUT2D eigenvalue weighted by Gasteiger charge is -2.14. The van der Waals surface area contributed by atoms with Crippen molar-refractivity contribution in [1.29, 1.82) is 0 Å². The van der Waals surface area contributed by atoms with Crippen molar-refractivity contribution in [3.63, 3.8) is 0 Å². The maximum Gasteiger partial charge on any atom is 0.253 e. The largest absolute Gasteiger partial charge is 0.345 e. The van der Waals surface area contributed by atoms with E-state index in [4.69, 9.17) is 11.6 Å². The predicted octanol–water partition coefficient (Wildman–Crippen LogP) is 1.98. The van der Waals surface area contributed by atoms with Crippen LogP contribution >= 0.6 is 11.6 Å². The third kappa shape index (κ3) is 4.19. The first-order chi connectivity index (χ1) is 9.97. The zero-order valence-electron chi connectivity index (χ0n) is 12.3. The van der Waals surface area contributed by atoms with Gasteiger partial charge in [-0.3, -0.25) is 9.59 Å². The van der Waals surface area contributed by atoms with E-state index in [9.17, 15) is 9.59 Å². The summed E-state index contributed by atoms with van der Waals surface area (Å²) in [4.78, 5) is 25.5. The summed E-state index contributed by atoms with van der Waals surface area (Å²) in [7, 11) is 3.37. The van der Waals surface area contributed by atoms with Crippen LogP contribution in [0, 0.1) is 5.92 Å². The van der Waals surface area contributed by atoms with Crippen molar-refractivity contribution in [2.45, 2.75) is 12.8 Å². The van der Waals surface area contributed by atoms with Gasteiger partial charge in [0.1, 0.15) is 0 Å². The van der Waals surface area contributed by atoms with E-state index in [-0.39, 0.29) is 11.8 Å². The van der Waals surface area contributed by atoms with Crippen LogP contribution in [0.25, 0.3) is 0 Å². The highest BCUT2D eigenvalue weighted by Crippen LogP contribution is 2.24. The van der Waals surface area contributed by atoms with Crippen LogP contribution in [0.2, 0.25) is 5.02 Å². The van der Waals surface area contributed by atoms with Crippen molar-refractivity contribution < 1.29 is 9.59 Å². The number of hydrogen-bond acceptors (Lipinski definition) is 3. The summed E-state index contributed by atoms with van der Waals surface area (Å²) in [6.07, 6.45) is 1.48. The van der Waals surface area contributed by atoms with Gasteiger partial charge in [0.2, 0.25) is 5.91 Å². The number of nitrogens with zero attached hydrogens (tertiary/aromatic N) is 1. The van der Waals surface area contributed by atoms with Crippen molar-refractivity contribution in [2.24, 2.45) is 5.92 Å². The molecule has 1 heterocycles. The average Bonchev–Trinajstić information content (AvgIpc) is 2.93. The van der Waals surface area contributed by atoms with Gasteiger partial charge in [-0.15, -0.1) is 0 Å². The standard InChI is InChI=1S/C15H20ClN3O2/c1-19(2)15(21)11-3-4-12(16)13(8-11)18-14(20)7-10-5-6-17-9-10/h3-4,8,10,17H,5-7,9H2,1-2H3,(H,18,20). The molecule has 1 aliphatic rings. The average molecular weight is 310 g/mol. The smallest absolute Gasteiger partial charge is 0.253 e. The molecule has 0 radical (unpaired) electrons. The number of nitrogens with one attached hydrogen (secondary N) is 2. The Bertz CT molecular complexity index is 540. The van der Waals surface area contributed by atoms with Crippen molar-refractivity contribution in [2.75, 3.05) is 32.5 Å². The van der Waals surface area contributed by atoms with Gasteiger partial charge in [-0.2, -0.15) is 0 Å². The van der Waals surface area contributed by atoms with E-state index < -0.39 is 0 Å². The predicted molar refractivity (Wildman–Crippen MR) is 83.7 cm³/mol. The van der Waals surface area contributed by atoms with Crippen molar-refractivity contribution in [3.05, 3.63) is 28.8 Å². The third-order valence-corrected chi connectivity index (χ3v) is 3.86. The second-order valence-corrected chi connectivity index (χ2v) is 5.91. The molecule has 6 heteroatoms. The summed E-state index contributed by atoms with van der Waals surface area (Å²) in [5.74, 6) is 0.178. The highest BCUT2D eigenvalue weighted by Gasteiger charge is 2.19. The number of benzene rings is 1. The summed E-state index contributed by atoms with van der Waals surface area (Å²) >= 11 is 6.09. The second kappa shape index (κ2) is 6.91. The van der Waals surface area contributed by atoms with Gasteiger partial charge in [0, 0.05) is 26.1 Å². The summed E-state index contributed by atoms with van der Waals surface area (Å²) in [5.41, 5.74) is 0.988. The fourth-order valence-electron chi connectivity index (χ4n) is 2.36. The molecule has 114 valence electrons. The van der Waals surface area contributed by atoms with Gasteiger partial charge in [0.05, 0.1) is 10.7 Å². The third-order valence-electron chi connectivity index (χ3n) is 3.53. The van der Waals surface area contributed by atoms with Gasteiger partial charge in [0.25, 0.3) is 5.91 Å². The first-order valence-corrected chi connectivity index (χ1v) is 7.37. The molecule has 0 aromatic heterocycles. The van der Waals surface area contributed by atoms with Crippen molar-refractivity contribution in [1.82, 2.24) is 10.2 Å². The molecule has 1 saturated heterocycles. The Balaban J connectivity index is 2.06. The number of carbonyl (C=O) groups is 2. The number of halogens is 1. The molecule has 1 aliphatic heterocycles. The Morgan fingerprint density at radius 1 is 1.43 bits per heavy atom. The molecular formula is C15H20ClN3O2. The fraction of sp³-hybridized carbons (Fsp3) is 0.467. The van der Waals surface area contributed by atoms with E-state index >= 15 is 0 Å². The van der Waals surface area contributed by atoms with E-state index in [1.807, 2.05) is 0 Å². The van der Waals surface area contributed by atoms with Gasteiger partial charge in [-0.05, 0) is 43.6 Å². The first-order valence-electron chi connectivity index (χ1n) is 6.99. The van der Waals surface area contributed by atoms with Gasteiger partial charge in [-0.25, -0.2) is 0 Å². The molecule has 5 nitrogen and oxygen atoms in total. The van der Waals surface area contributed by atoms with E-state index in [0.717, 1.165) is 19.5 Å². The first kappa shape index (κ1) is 15.8. The van der Waals surface area contributed by atoms with Gasteiger partial charge in [0.15, 0.2) is 0 Å². The normalized spacial score (nSPS) is 17.6. The van der Waals surface area contributed by atoms with Crippen LogP contribution in [-0.2, 0) is 4.79 Å². The zero-order chi connectivity index (χ0) is 15.4. The van der Waals surface area contributed by atoms with Crippen LogP contribution in [0.4, 0.5) is 5.69 Å². The lowest BCUT2D eigenvalue weighted by Crippen LogP contribution is -2.22. The fourth-order valence-corrected chi connectivity index (χ4v) is 2.53. The molecule has 1 atom stereocenters. The molecule has 1 aromatic rings. The Kier molecular flexibility index (Phi) is 5.20. The SMILES string of the molecule is CN(C)C(=O)c1ccc(Cl)c(NC(=O)CC2CCNC2)c1. The van der Waals surface area contributed by atoms with Gasteiger partial charge >= 0.3 is 0 Å². The maximum atomic E-state index is 12.0. The highest BCUT2D eigenvalue weighted by atomic mass is 35.5. The Labute approximate surface area is 129 Å². The summed E-state index contributed by atoms with van der Waals surface area (Å²) in [6.45, 7) is 1.84. The van der Waals surface area contributed by atoms with Crippen LogP contribution in [0.3, 0.4) is 0 Å². The molecule has 0 saturated carbocycles. The minimum Gasteiger partial charge on any atom is -0.345 e. The number of amides is 2. The molecule has 0 aliphatic carbocycles. The topological polar surface area (TPSA) is 61.4 Å². The number of anilines is 1. The Morgan fingerprint density at radius 2 is 2.19 bits per heavy atom. The lowest BCUT2D eigenvalue weighted by molar-refractivity contribution is -0.116. The minimum absolute atomic E-state index is 0.0694. The molecule has 2 rings (SSSR count). The van der Waals surface area contributed by atoms with Crippen LogP contribution in [0.15, 0.2) is 18.2 Å². The van der Waals surface area contributed by atoms with Crippen molar-refractivity contribution in [3.8, 4) is 0 Å². The van der Waals surface area contributed by atoms with Crippen LogP contribution in [0.5, 0.6) is 0 Å². The molecular weight excluding hydrogens is 290 g/mol. The summed E-state index contributed by atoms with van der Waals surface area (Å²) in [5, 5.41) is 6.47. The van der Waals surface area contributed by atoms with Gasteiger partial charge in [-0.1, -0.05) is 11.6 Å². The molecule has 2 amide bonds.